The van der Waals surface area contributed by atoms with Crippen LogP contribution in [-0.2, 0) is 16.0 Å². The summed E-state index contributed by atoms with van der Waals surface area (Å²) in [6.45, 7) is 4.78. The molecule has 110 valence electrons. The van der Waals surface area contributed by atoms with Crippen LogP contribution in [0.4, 0.5) is 0 Å². The molecule has 1 fully saturated rings. The Morgan fingerprint density at radius 2 is 2.30 bits per heavy atom. The molecule has 20 heavy (non-hydrogen) atoms. The molecule has 1 aliphatic rings. The van der Waals surface area contributed by atoms with Crippen molar-refractivity contribution in [2.75, 3.05) is 13.2 Å². The predicted octanol–water partition coefficient (Wildman–Crippen LogP) is 1.98. The molecular weight excluding hydrogens is 278 g/mol. The van der Waals surface area contributed by atoms with Crippen molar-refractivity contribution < 1.29 is 19.4 Å². The first-order valence-electron chi connectivity index (χ1n) is 6.67. The van der Waals surface area contributed by atoms with Crippen LogP contribution in [-0.4, -0.2) is 35.7 Å². The van der Waals surface area contributed by atoms with E-state index in [2.05, 4.69) is 12.2 Å². The SMILES string of the molecule is CCc1sc(C(=O)NC2(CC(=O)O)CCOC2)cc1C. The number of carboxylic acid groups (broad SMARTS) is 1. The van der Waals surface area contributed by atoms with E-state index in [0.29, 0.717) is 17.9 Å². The fourth-order valence-electron chi connectivity index (χ4n) is 2.46. The number of aliphatic carboxylic acids is 1. The van der Waals surface area contributed by atoms with Gasteiger partial charge in [0, 0.05) is 11.5 Å². The number of aryl methyl sites for hydroxylation is 2. The normalized spacial score (nSPS) is 21.9. The molecule has 1 aromatic heterocycles. The summed E-state index contributed by atoms with van der Waals surface area (Å²) in [7, 11) is 0. The molecule has 1 amide bonds. The van der Waals surface area contributed by atoms with E-state index in [9.17, 15) is 9.59 Å². The molecule has 5 nitrogen and oxygen atoms in total. The Hall–Kier alpha value is -1.40. The van der Waals surface area contributed by atoms with E-state index in [-0.39, 0.29) is 18.9 Å². The highest BCUT2D eigenvalue weighted by molar-refractivity contribution is 7.14. The van der Waals surface area contributed by atoms with Gasteiger partial charge in [0.15, 0.2) is 0 Å². The number of nitrogens with one attached hydrogen (secondary N) is 1. The van der Waals surface area contributed by atoms with Crippen molar-refractivity contribution in [3.63, 3.8) is 0 Å². The molecule has 1 aliphatic heterocycles. The van der Waals surface area contributed by atoms with Crippen molar-refractivity contribution in [1.82, 2.24) is 5.32 Å². The molecule has 0 spiro atoms. The lowest BCUT2D eigenvalue weighted by atomic mass is 9.94. The second kappa shape index (κ2) is 5.93. The van der Waals surface area contributed by atoms with Crippen LogP contribution in [0.3, 0.4) is 0 Å². The topological polar surface area (TPSA) is 75.6 Å². The Morgan fingerprint density at radius 1 is 1.55 bits per heavy atom. The van der Waals surface area contributed by atoms with E-state index in [1.165, 1.54) is 16.2 Å². The number of ether oxygens (including phenoxy) is 1. The smallest absolute Gasteiger partial charge is 0.305 e. The maximum atomic E-state index is 12.3. The maximum absolute atomic E-state index is 12.3. The average molecular weight is 297 g/mol. The Balaban J connectivity index is 2.13. The summed E-state index contributed by atoms with van der Waals surface area (Å²) in [5, 5.41) is 11.9. The summed E-state index contributed by atoms with van der Waals surface area (Å²) in [4.78, 5) is 25.1. The van der Waals surface area contributed by atoms with E-state index in [4.69, 9.17) is 9.84 Å². The molecule has 0 aromatic carbocycles. The number of hydrogen-bond acceptors (Lipinski definition) is 4. The highest BCUT2D eigenvalue weighted by Gasteiger charge is 2.39. The minimum Gasteiger partial charge on any atom is -0.481 e. The summed E-state index contributed by atoms with van der Waals surface area (Å²) in [6.07, 6.45) is 1.33. The molecule has 2 heterocycles. The van der Waals surface area contributed by atoms with Gasteiger partial charge in [-0.3, -0.25) is 9.59 Å². The Kier molecular flexibility index (Phi) is 4.45. The van der Waals surface area contributed by atoms with Crippen molar-refractivity contribution in [2.45, 2.75) is 38.6 Å². The fraction of sp³-hybridized carbons (Fsp3) is 0.571. The number of amides is 1. The molecule has 1 saturated heterocycles. The molecule has 0 aliphatic carbocycles. The Labute approximate surface area is 121 Å². The highest BCUT2D eigenvalue weighted by Crippen LogP contribution is 2.26. The van der Waals surface area contributed by atoms with Crippen molar-refractivity contribution >= 4 is 23.2 Å². The number of thiophene rings is 1. The zero-order valence-corrected chi connectivity index (χ0v) is 12.5. The van der Waals surface area contributed by atoms with Gasteiger partial charge < -0.3 is 15.2 Å². The summed E-state index contributed by atoms with van der Waals surface area (Å²) < 4.78 is 5.27. The maximum Gasteiger partial charge on any atom is 0.305 e. The standard InChI is InChI=1S/C14H19NO4S/c1-3-10-9(2)6-11(20-10)13(18)15-14(7-12(16)17)4-5-19-8-14/h6H,3-5,7-8H2,1-2H3,(H,15,18)(H,16,17). The molecule has 0 bridgehead atoms. The van der Waals surface area contributed by atoms with Crippen LogP contribution in [0.5, 0.6) is 0 Å². The van der Waals surface area contributed by atoms with Crippen LogP contribution in [0.1, 0.15) is 39.9 Å². The molecule has 6 heteroatoms. The van der Waals surface area contributed by atoms with Crippen molar-refractivity contribution in [3.8, 4) is 0 Å². The van der Waals surface area contributed by atoms with Gasteiger partial charge in [0.25, 0.3) is 5.91 Å². The summed E-state index contributed by atoms with van der Waals surface area (Å²) in [5.74, 6) is -1.13. The van der Waals surface area contributed by atoms with Crippen LogP contribution in [0, 0.1) is 6.92 Å². The zero-order valence-electron chi connectivity index (χ0n) is 11.7. The summed E-state index contributed by atoms with van der Waals surface area (Å²) in [5.41, 5.74) is 0.338. The Morgan fingerprint density at radius 3 is 2.80 bits per heavy atom. The number of carbonyl (C=O) groups is 2. The second-order valence-corrected chi connectivity index (χ2v) is 6.31. The van der Waals surface area contributed by atoms with Crippen LogP contribution >= 0.6 is 11.3 Å². The van der Waals surface area contributed by atoms with Crippen LogP contribution in [0.15, 0.2) is 6.07 Å². The van der Waals surface area contributed by atoms with Gasteiger partial charge >= 0.3 is 5.97 Å². The number of hydrogen-bond donors (Lipinski definition) is 2. The van der Waals surface area contributed by atoms with Crippen LogP contribution in [0.2, 0.25) is 0 Å². The van der Waals surface area contributed by atoms with Gasteiger partial charge in [-0.15, -0.1) is 11.3 Å². The van der Waals surface area contributed by atoms with Gasteiger partial charge in [-0.2, -0.15) is 0 Å². The van der Waals surface area contributed by atoms with Gasteiger partial charge in [0.05, 0.1) is 23.4 Å². The summed E-state index contributed by atoms with van der Waals surface area (Å²) in [6, 6.07) is 1.86. The minimum absolute atomic E-state index is 0.107. The molecule has 0 radical (unpaired) electrons. The third kappa shape index (κ3) is 3.19. The lowest BCUT2D eigenvalue weighted by molar-refractivity contribution is -0.138. The minimum atomic E-state index is -0.924. The zero-order chi connectivity index (χ0) is 14.8. The lowest BCUT2D eigenvalue weighted by Crippen LogP contribution is -2.50. The highest BCUT2D eigenvalue weighted by atomic mass is 32.1. The van der Waals surface area contributed by atoms with E-state index in [0.717, 1.165) is 12.0 Å². The third-order valence-corrected chi connectivity index (χ3v) is 4.92. The first-order chi connectivity index (χ1) is 9.46. The summed E-state index contributed by atoms with van der Waals surface area (Å²) >= 11 is 1.47. The fourth-order valence-corrected chi connectivity index (χ4v) is 3.47. The van der Waals surface area contributed by atoms with Crippen LogP contribution < -0.4 is 5.32 Å². The van der Waals surface area contributed by atoms with E-state index < -0.39 is 11.5 Å². The monoisotopic (exact) mass is 297 g/mol. The van der Waals surface area contributed by atoms with Gasteiger partial charge in [-0.25, -0.2) is 0 Å². The van der Waals surface area contributed by atoms with E-state index in [1.54, 1.807) is 0 Å². The molecule has 1 atom stereocenters. The lowest BCUT2D eigenvalue weighted by Gasteiger charge is -2.26. The van der Waals surface area contributed by atoms with Crippen molar-refractivity contribution in [3.05, 3.63) is 21.4 Å². The van der Waals surface area contributed by atoms with Crippen LogP contribution in [0.25, 0.3) is 0 Å². The number of carboxylic acids is 1. The van der Waals surface area contributed by atoms with E-state index in [1.807, 2.05) is 13.0 Å². The molecule has 0 saturated carbocycles. The molecule has 1 unspecified atom stereocenters. The number of carbonyl (C=O) groups excluding carboxylic acids is 1. The van der Waals surface area contributed by atoms with Gasteiger partial charge in [0.2, 0.25) is 0 Å². The third-order valence-electron chi connectivity index (χ3n) is 3.54. The molecule has 2 N–H and O–H groups in total. The largest absolute Gasteiger partial charge is 0.481 e. The average Bonchev–Trinajstić information content (AvgIpc) is 2.95. The van der Waals surface area contributed by atoms with Gasteiger partial charge in [0.1, 0.15) is 0 Å². The second-order valence-electron chi connectivity index (χ2n) is 5.18. The molecule has 2 rings (SSSR count). The number of rotatable bonds is 5. The molecular formula is C14H19NO4S. The predicted molar refractivity (Wildman–Crippen MR) is 76.3 cm³/mol. The first kappa shape index (κ1) is 15.0. The Bertz CT molecular complexity index is 517. The van der Waals surface area contributed by atoms with E-state index >= 15 is 0 Å². The van der Waals surface area contributed by atoms with Gasteiger partial charge in [-0.05, 0) is 31.4 Å². The quantitative estimate of drug-likeness (QED) is 0.871. The first-order valence-corrected chi connectivity index (χ1v) is 7.49. The van der Waals surface area contributed by atoms with Crippen molar-refractivity contribution in [1.29, 1.82) is 0 Å². The van der Waals surface area contributed by atoms with Crippen molar-refractivity contribution in [2.24, 2.45) is 0 Å². The van der Waals surface area contributed by atoms with Gasteiger partial charge in [-0.1, -0.05) is 6.92 Å². The molecule has 1 aromatic rings.